The zero-order valence-corrected chi connectivity index (χ0v) is 13.2. The van der Waals surface area contributed by atoms with E-state index in [0.717, 1.165) is 45.3 Å². The summed E-state index contributed by atoms with van der Waals surface area (Å²) in [4.78, 5) is 4.49. The molecular formula is C16H24F3N3. The van der Waals surface area contributed by atoms with Crippen molar-refractivity contribution in [2.24, 2.45) is 0 Å². The highest BCUT2D eigenvalue weighted by molar-refractivity contribution is 5.27. The molecule has 0 saturated carbocycles. The van der Waals surface area contributed by atoms with Crippen LogP contribution in [0.15, 0.2) is 24.3 Å². The molecule has 0 bridgehead atoms. The lowest BCUT2D eigenvalue weighted by atomic mass is 10.0. The molecule has 1 N–H and O–H groups in total. The van der Waals surface area contributed by atoms with Crippen molar-refractivity contribution in [3.63, 3.8) is 0 Å². The number of rotatable bonds is 5. The van der Waals surface area contributed by atoms with Crippen LogP contribution in [0.1, 0.15) is 24.1 Å². The molecule has 1 heterocycles. The lowest BCUT2D eigenvalue weighted by Crippen LogP contribution is -2.46. The second-order valence-corrected chi connectivity index (χ2v) is 5.87. The molecule has 1 aromatic carbocycles. The van der Waals surface area contributed by atoms with Gasteiger partial charge in [-0.3, -0.25) is 9.80 Å². The minimum atomic E-state index is -4.28. The Morgan fingerprint density at radius 2 is 1.95 bits per heavy atom. The maximum Gasteiger partial charge on any atom is 0.416 e. The highest BCUT2D eigenvalue weighted by Crippen LogP contribution is 2.31. The number of piperazine rings is 1. The van der Waals surface area contributed by atoms with Gasteiger partial charge in [0.05, 0.1) is 5.56 Å². The Morgan fingerprint density at radius 1 is 1.27 bits per heavy atom. The number of halogens is 3. The molecule has 1 aliphatic rings. The molecule has 1 unspecified atom stereocenters. The molecule has 1 aliphatic heterocycles. The molecule has 1 saturated heterocycles. The maximum absolute atomic E-state index is 12.8. The average molecular weight is 315 g/mol. The Labute approximate surface area is 130 Å². The number of nitrogens with zero attached hydrogens (tertiary/aromatic N) is 2. The van der Waals surface area contributed by atoms with Crippen molar-refractivity contribution >= 4 is 0 Å². The lowest BCUT2D eigenvalue weighted by Gasteiger charge is -2.31. The number of likely N-dealkylation sites (N-methyl/N-ethyl adjacent to an activating group) is 1. The van der Waals surface area contributed by atoms with Gasteiger partial charge in [0, 0.05) is 45.3 Å². The minimum Gasteiger partial charge on any atom is -0.314 e. The number of hydrogen-bond donors (Lipinski definition) is 1. The normalized spacial score (nSPS) is 18.6. The zero-order chi connectivity index (χ0) is 16.2. The third-order valence-corrected chi connectivity index (χ3v) is 4.34. The van der Waals surface area contributed by atoms with E-state index in [9.17, 15) is 13.2 Å². The second-order valence-electron chi connectivity index (χ2n) is 5.87. The van der Waals surface area contributed by atoms with Crippen LogP contribution in [0.4, 0.5) is 13.2 Å². The largest absolute Gasteiger partial charge is 0.416 e. The summed E-state index contributed by atoms with van der Waals surface area (Å²) in [5.74, 6) is 0. The van der Waals surface area contributed by atoms with Gasteiger partial charge in [-0.1, -0.05) is 12.1 Å². The van der Waals surface area contributed by atoms with Gasteiger partial charge in [-0.05, 0) is 31.7 Å². The molecule has 1 atom stereocenters. The van der Waals surface area contributed by atoms with Crippen LogP contribution in [0.3, 0.4) is 0 Å². The van der Waals surface area contributed by atoms with Crippen LogP contribution in [0.25, 0.3) is 0 Å². The van der Waals surface area contributed by atoms with E-state index < -0.39 is 11.7 Å². The van der Waals surface area contributed by atoms with E-state index in [1.54, 1.807) is 6.07 Å². The molecule has 0 spiro atoms. The molecule has 6 heteroatoms. The van der Waals surface area contributed by atoms with Crippen molar-refractivity contribution in [3.05, 3.63) is 35.4 Å². The van der Waals surface area contributed by atoms with Crippen LogP contribution in [0, 0.1) is 0 Å². The van der Waals surface area contributed by atoms with E-state index in [4.69, 9.17) is 0 Å². The third kappa shape index (κ3) is 4.69. The first-order valence-corrected chi connectivity index (χ1v) is 7.68. The Balaban J connectivity index is 1.93. The van der Waals surface area contributed by atoms with Crippen LogP contribution >= 0.6 is 0 Å². The Kier molecular flexibility index (Phi) is 5.83. The summed E-state index contributed by atoms with van der Waals surface area (Å²) < 4.78 is 38.4. The Bertz CT molecular complexity index is 470. The van der Waals surface area contributed by atoms with Crippen molar-refractivity contribution < 1.29 is 13.2 Å². The van der Waals surface area contributed by atoms with Crippen molar-refractivity contribution in [1.29, 1.82) is 0 Å². The standard InChI is InChI=1S/C16H24F3N3/c1-13(14-4-3-5-15(12-14)16(17,18)19)21(2)10-11-22-8-6-20-7-9-22/h3-5,12-13,20H,6-11H2,1-2H3. The number of alkyl halides is 3. The number of nitrogens with one attached hydrogen (secondary N) is 1. The Hall–Kier alpha value is -1.11. The van der Waals surface area contributed by atoms with Gasteiger partial charge in [0.15, 0.2) is 0 Å². The van der Waals surface area contributed by atoms with E-state index in [1.807, 2.05) is 14.0 Å². The van der Waals surface area contributed by atoms with Gasteiger partial charge in [-0.15, -0.1) is 0 Å². The van der Waals surface area contributed by atoms with Crippen LogP contribution in [0.5, 0.6) is 0 Å². The summed E-state index contributed by atoms with van der Waals surface area (Å²) in [7, 11) is 1.97. The maximum atomic E-state index is 12.8. The number of hydrogen-bond acceptors (Lipinski definition) is 3. The van der Waals surface area contributed by atoms with Gasteiger partial charge < -0.3 is 5.32 Å². The Morgan fingerprint density at radius 3 is 2.59 bits per heavy atom. The molecule has 124 valence electrons. The van der Waals surface area contributed by atoms with Crippen molar-refractivity contribution in [1.82, 2.24) is 15.1 Å². The highest BCUT2D eigenvalue weighted by atomic mass is 19.4. The summed E-state index contributed by atoms with van der Waals surface area (Å²) >= 11 is 0. The number of benzene rings is 1. The molecule has 0 aliphatic carbocycles. The average Bonchev–Trinajstić information content (AvgIpc) is 2.52. The van der Waals surface area contributed by atoms with Crippen LogP contribution in [-0.2, 0) is 6.18 Å². The van der Waals surface area contributed by atoms with Gasteiger partial charge in [0.25, 0.3) is 0 Å². The molecular weight excluding hydrogens is 291 g/mol. The fraction of sp³-hybridized carbons (Fsp3) is 0.625. The zero-order valence-electron chi connectivity index (χ0n) is 13.2. The van der Waals surface area contributed by atoms with Crippen LogP contribution in [0.2, 0.25) is 0 Å². The topological polar surface area (TPSA) is 18.5 Å². The fourth-order valence-corrected chi connectivity index (χ4v) is 2.66. The van der Waals surface area contributed by atoms with Crippen molar-refractivity contribution in [3.8, 4) is 0 Å². The summed E-state index contributed by atoms with van der Waals surface area (Å²) in [6.45, 7) is 7.82. The monoisotopic (exact) mass is 315 g/mol. The molecule has 0 radical (unpaired) electrons. The van der Waals surface area contributed by atoms with E-state index in [2.05, 4.69) is 15.1 Å². The molecule has 1 fully saturated rings. The van der Waals surface area contributed by atoms with Crippen LogP contribution < -0.4 is 5.32 Å². The van der Waals surface area contributed by atoms with Gasteiger partial charge in [-0.25, -0.2) is 0 Å². The van der Waals surface area contributed by atoms with Crippen LogP contribution in [-0.4, -0.2) is 56.1 Å². The van der Waals surface area contributed by atoms with E-state index in [1.165, 1.54) is 12.1 Å². The highest BCUT2D eigenvalue weighted by Gasteiger charge is 2.30. The SMILES string of the molecule is CC(c1cccc(C(F)(F)F)c1)N(C)CCN1CCNCC1. The molecule has 22 heavy (non-hydrogen) atoms. The molecule has 1 aromatic rings. The van der Waals surface area contributed by atoms with Crippen molar-refractivity contribution in [2.45, 2.75) is 19.1 Å². The molecule has 0 amide bonds. The first-order chi connectivity index (χ1) is 10.4. The third-order valence-electron chi connectivity index (χ3n) is 4.34. The summed E-state index contributed by atoms with van der Waals surface area (Å²) in [5.41, 5.74) is 0.130. The molecule has 2 rings (SSSR count). The smallest absolute Gasteiger partial charge is 0.314 e. The predicted molar refractivity (Wildman–Crippen MR) is 81.8 cm³/mol. The van der Waals surface area contributed by atoms with E-state index in [0.29, 0.717) is 5.56 Å². The minimum absolute atomic E-state index is 0.0368. The molecule has 0 aromatic heterocycles. The van der Waals surface area contributed by atoms with Gasteiger partial charge >= 0.3 is 6.18 Å². The fourth-order valence-electron chi connectivity index (χ4n) is 2.66. The van der Waals surface area contributed by atoms with Gasteiger partial charge in [0.1, 0.15) is 0 Å². The van der Waals surface area contributed by atoms with Crippen molar-refractivity contribution in [2.75, 3.05) is 46.3 Å². The second kappa shape index (κ2) is 7.44. The summed E-state index contributed by atoms with van der Waals surface area (Å²) in [6.07, 6.45) is -4.28. The molecule has 3 nitrogen and oxygen atoms in total. The predicted octanol–water partition coefficient (Wildman–Crippen LogP) is 2.60. The summed E-state index contributed by atoms with van der Waals surface area (Å²) in [5, 5.41) is 3.31. The van der Waals surface area contributed by atoms with Gasteiger partial charge in [-0.2, -0.15) is 13.2 Å². The first-order valence-electron chi connectivity index (χ1n) is 7.68. The summed E-state index contributed by atoms with van der Waals surface area (Å²) in [6, 6.07) is 5.59. The van der Waals surface area contributed by atoms with Gasteiger partial charge in [0.2, 0.25) is 0 Å². The quantitative estimate of drug-likeness (QED) is 0.901. The van der Waals surface area contributed by atoms with E-state index in [-0.39, 0.29) is 6.04 Å². The first kappa shape index (κ1) is 17.2. The van der Waals surface area contributed by atoms with E-state index >= 15 is 0 Å². The lowest BCUT2D eigenvalue weighted by molar-refractivity contribution is -0.137.